The first kappa shape index (κ1) is 13.1. The molecule has 6 heteroatoms. The van der Waals surface area contributed by atoms with Gasteiger partial charge in [0.2, 0.25) is 5.95 Å². The van der Waals surface area contributed by atoms with Crippen LogP contribution in [0.4, 0.5) is 11.8 Å². The Morgan fingerprint density at radius 2 is 2.09 bits per heavy atom. The van der Waals surface area contributed by atoms with Gasteiger partial charge in [0.25, 0.3) is 0 Å². The zero-order valence-corrected chi connectivity index (χ0v) is 12.9. The predicted molar refractivity (Wildman–Crippen MR) is 92.8 cm³/mol. The van der Waals surface area contributed by atoms with Gasteiger partial charge in [-0.1, -0.05) is 6.07 Å². The van der Waals surface area contributed by atoms with Gasteiger partial charge in [-0.3, -0.25) is 0 Å². The summed E-state index contributed by atoms with van der Waals surface area (Å²) in [5.41, 5.74) is 15.0. The van der Waals surface area contributed by atoms with Crippen LogP contribution in [0.5, 0.6) is 0 Å². The van der Waals surface area contributed by atoms with E-state index in [1.165, 1.54) is 4.88 Å². The van der Waals surface area contributed by atoms with Crippen LogP contribution < -0.4 is 11.5 Å². The highest BCUT2D eigenvalue weighted by atomic mass is 32.1. The van der Waals surface area contributed by atoms with Crippen LogP contribution >= 0.6 is 11.3 Å². The molecule has 4 aromatic rings. The van der Waals surface area contributed by atoms with Crippen LogP contribution in [-0.4, -0.2) is 14.5 Å². The molecule has 4 rings (SSSR count). The average molecular weight is 309 g/mol. The maximum Gasteiger partial charge on any atom is 0.222 e. The third-order valence-corrected chi connectivity index (χ3v) is 4.78. The summed E-state index contributed by atoms with van der Waals surface area (Å²) in [5, 5.41) is 4.02. The lowest BCUT2D eigenvalue weighted by atomic mass is 10.0. The minimum absolute atomic E-state index is 0.205. The van der Waals surface area contributed by atoms with Crippen molar-refractivity contribution in [2.45, 2.75) is 13.5 Å². The number of nitrogens with zero attached hydrogens (tertiary/aromatic N) is 3. The van der Waals surface area contributed by atoms with Crippen LogP contribution in [0.25, 0.3) is 32.2 Å². The van der Waals surface area contributed by atoms with Crippen molar-refractivity contribution in [3.63, 3.8) is 0 Å². The lowest BCUT2D eigenvalue weighted by Crippen LogP contribution is -2.01. The molecule has 0 atom stereocenters. The first-order valence-electron chi connectivity index (χ1n) is 7.07. The number of benzene rings is 1. The number of fused-ring (bicyclic) bond motifs is 3. The number of anilines is 2. The molecule has 110 valence electrons. The van der Waals surface area contributed by atoms with E-state index in [0.717, 1.165) is 33.9 Å². The van der Waals surface area contributed by atoms with Gasteiger partial charge in [-0.15, -0.1) is 11.3 Å². The topological polar surface area (TPSA) is 82.8 Å². The molecule has 0 amide bonds. The first-order valence-corrected chi connectivity index (χ1v) is 7.95. The van der Waals surface area contributed by atoms with E-state index in [2.05, 4.69) is 57.3 Å². The van der Waals surface area contributed by atoms with Crippen LogP contribution in [0.1, 0.15) is 6.92 Å². The summed E-state index contributed by atoms with van der Waals surface area (Å²) in [6.07, 6.45) is 2.08. The van der Waals surface area contributed by atoms with E-state index in [4.69, 9.17) is 11.5 Å². The number of nitrogen functional groups attached to an aromatic ring is 2. The zero-order valence-electron chi connectivity index (χ0n) is 12.1. The molecule has 0 saturated carbocycles. The summed E-state index contributed by atoms with van der Waals surface area (Å²) in [4.78, 5) is 9.70. The lowest BCUT2D eigenvalue weighted by Gasteiger charge is -2.11. The fourth-order valence-electron chi connectivity index (χ4n) is 2.96. The quantitative estimate of drug-likeness (QED) is 0.593. The van der Waals surface area contributed by atoms with Crippen molar-refractivity contribution in [3.05, 3.63) is 35.8 Å². The van der Waals surface area contributed by atoms with Gasteiger partial charge >= 0.3 is 0 Å². The Hall–Kier alpha value is -2.60. The standard InChI is InChI=1S/C16H15N5S/c1-2-21-6-5-9-13-11(19-16(18)20-15(13)17)8-10(14(9)21)12-4-3-7-22-12/h3-8H,2H2,1H3,(H4,17,18,19,20). The smallest absolute Gasteiger partial charge is 0.222 e. The predicted octanol–water partition coefficient (Wildman–Crippen LogP) is 3.50. The fourth-order valence-corrected chi connectivity index (χ4v) is 3.70. The summed E-state index contributed by atoms with van der Waals surface area (Å²) in [6, 6.07) is 8.31. The molecule has 3 aromatic heterocycles. The molecule has 0 radical (unpaired) electrons. The number of hydrogen-bond acceptors (Lipinski definition) is 5. The van der Waals surface area contributed by atoms with Gasteiger partial charge in [-0.25, -0.2) is 4.98 Å². The van der Waals surface area contributed by atoms with Crippen LogP contribution in [0, 0.1) is 0 Å². The van der Waals surface area contributed by atoms with E-state index < -0.39 is 0 Å². The van der Waals surface area contributed by atoms with E-state index in [1.54, 1.807) is 11.3 Å². The minimum atomic E-state index is 0.205. The van der Waals surface area contributed by atoms with E-state index in [9.17, 15) is 0 Å². The second-order valence-corrected chi connectivity index (χ2v) is 6.07. The Morgan fingerprint density at radius 1 is 1.23 bits per heavy atom. The number of aromatic nitrogens is 3. The van der Waals surface area contributed by atoms with Crippen LogP contribution in [-0.2, 0) is 6.54 Å². The molecule has 0 spiro atoms. The Balaban J connectivity index is 2.23. The molecule has 0 unspecified atom stereocenters. The third kappa shape index (κ3) is 1.77. The maximum atomic E-state index is 6.10. The van der Waals surface area contributed by atoms with Crippen molar-refractivity contribution >= 4 is 44.9 Å². The van der Waals surface area contributed by atoms with Crippen LogP contribution in [0.2, 0.25) is 0 Å². The molecule has 0 aliphatic heterocycles. The van der Waals surface area contributed by atoms with Gasteiger partial charge in [0.1, 0.15) is 5.82 Å². The normalized spacial score (nSPS) is 11.5. The Kier molecular flexibility index (Phi) is 2.80. The average Bonchev–Trinajstić information content (AvgIpc) is 3.15. The lowest BCUT2D eigenvalue weighted by molar-refractivity contribution is 0.798. The van der Waals surface area contributed by atoms with E-state index >= 15 is 0 Å². The number of thiophene rings is 1. The van der Waals surface area contributed by atoms with Gasteiger partial charge in [0.15, 0.2) is 0 Å². The maximum absolute atomic E-state index is 6.10. The van der Waals surface area contributed by atoms with Crippen LogP contribution in [0.15, 0.2) is 35.8 Å². The fraction of sp³-hybridized carbons (Fsp3) is 0.125. The van der Waals surface area contributed by atoms with E-state index in [0.29, 0.717) is 5.82 Å². The molecule has 4 N–H and O–H groups in total. The SMILES string of the molecule is CCn1ccc2c3c(N)nc(N)nc3cc(-c3cccs3)c21. The Bertz CT molecular complexity index is 985. The van der Waals surface area contributed by atoms with E-state index in [1.807, 2.05) is 0 Å². The molecule has 1 aromatic carbocycles. The van der Waals surface area contributed by atoms with Crippen molar-refractivity contribution in [3.8, 4) is 10.4 Å². The highest BCUT2D eigenvalue weighted by Gasteiger charge is 2.16. The molecule has 0 saturated heterocycles. The van der Waals surface area contributed by atoms with Crippen molar-refractivity contribution < 1.29 is 0 Å². The number of aryl methyl sites for hydroxylation is 1. The minimum Gasteiger partial charge on any atom is -0.383 e. The van der Waals surface area contributed by atoms with Crippen molar-refractivity contribution in [2.24, 2.45) is 0 Å². The molecular weight excluding hydrogens is 294 g/mol. The number of hydrogen-bond donors (Lipinski definition) is 2. The van der Waals surface area contributed by atoms with E-state index in [-0.39, 0.29) is 5.95 Å². The zero-order chi connectivity index (χ0) is 15.3. The van der Waals surface area contributed by atoms with Crippen molar-refractivity contribution in [1.82, 2.24) is 14.5 Å². The monoisotopic (exact) mass is 309 g/mol. The van der Waals surface area contributed by atoms with Crippen molar-refractivity contribution in [2.75, 3.05) is 11.5 Å². The molecule has 3 heterocycles. The number of nitrogens with two attached hydrogens (primary N) is 2. The largest absolute Gasteiger partial charge is 0.383 e. The molecular formula is C16H15N5S. The van der Waals surface area contributed by atoms with Gasteiger partial charge < -0.3 is 16.0 Å². The van der Waals surface area contributed by atoms with Crippen LogP contribution in [0.3, 0.4) is 0 Å². The molecule has 5 nitrogen and oxygen atoms in total. The molecule has 22 heavy (non-hydrogen) atoms. The summed E-state index contributed by atoms with van der Waals surface area (Å²) in [6.45, 7) is 3.02. The van der Waals surface area contributed by atoms with Gasteiger partial charge in [-0.05, 0) is 30.5 Å². The molecule has 0 fully saturated rings. The summed E-state index contributed by atoms with van der Waals surface area (Å²) >= 11 is 1.71. The summed E-state index contributed by atoms with van der Waals surface area (Å²) in [5.74, 6) is 0.635. The Morgan fingerprint density at radius 3 is 2.82 bits per heavy atom. The molecule has 0 bridgehead atoms. The third-order valence-electron chi connectivity index (χ3n) is 3.88. The molecule has 0 aliphatic carbocycles. The van der Waals surface area contributed by atoms with Gasteiger partial charge in [0, 0.05) is 28.6 Å². The Labute approximate surface area is 131 Å². The number of rotatable bonds is 2. The first-order chi connectivity index (χ1) is 10.7. The second kappa shape index (κ2) is 4.71. The van der Waals surface area contributed by atoms with Gasteiger partial charge in [-0.2, -0.15) is 4.98 Å². The summed E-state index contributed by atoms with van der Waals surface area (Å²) < 4.78 is 2.22. The van der Waals surface area contributed by atoms with Crippen molar-refractivity contribution in [1.29, 1.82) is 0 Å². The molecule has 0 aliphatic rings. The highest BCUT2D eigenvalue weighted by molar-refractivity contribution is 7.13. The second-order valence-electron chi connectivity index (χ2n) is 5.13. The summed E-state index contributed by atoms with van der Waals surface area (Å²) in [7, 11) is 0. The highest BCUT2D eigenvalue weighted by Crippen LogP contribution is 2.38. The van der Waals surface area contributed by atoms with Gasteiger partial charge in [0.05, 0.1) is 16.4 Å².